The summed E-state index contributed by atoms with van der Waals surface area (Å²) in [6.45, 7) is 0. The van der Waals surface area contributed by atoms with Gasteiger partial charge in [-0.1, -0.05) is 24.3 Å². The highest BCUT2D eigenvalue weighted by Crippen LogP contribution is 2.39. The van der Waals surface area contributed by atoms with E-state index in [4.69, 9.17) is 11.5 Å². The minimum absolute atomic E-state index is 0.0369. The van der Waals surface area contributed by atoms with Crippen molar-refractivity contribution in [3.8, 4) is 11.1 Å². The molecule has 18 heavy (non-hydrogen) atoms. The van der Waals surface area contributed by atoms with Crippen molar-refractivity contribution in [2.75, 3.05) is 11.5 Å². The summed E-state index contributed by atoms with van der Waals surface area (Å²) in [6.07, 6.45) is -4.47. The molecule has 0 saturated heterocycles. The maximum absolute atomic E-state index is 12.9. The molecule has 2 nitrogen and oxygen atoms in total. The number of nitrogen functional groups attached to an aromatic ring is 2. The molecule has 0 amide bonds. The first kappa shape index (κ1) is 12.3. The molecule has 0 saturated carbocycles. The fourth-order valence-electron chi connectivity index (χ4n) is 1.77. The second-order valence-corrected chi connectivity index (χ2v) is 3.89. The highest BCUT2D eigenvalue weighted by atomic mass is 19.4. The van der Waals surface area contributed by atoms with Gasteiger partial charge in [0.2, 0.25) is 0 Å². The van der Waals surface area contributed by atoms with Crippen molar-refractivity contribution in [2.24, 2.45) is 0 Å². The van der Waals surface area contributed by atoms with Gasteiger partial charge in [-0.25, -0.2) is 0 Å². The minimum atomic E-state index is -4.47. The molecule has 0 aromatic heterocycles. The quantitative estimate of drug-likeness (QED) is 0.763. The molecule has 5 heteroatoms. The van der Waals surface area contributed by atoms with Crippen molar-refractivity contribution in [1.29, 1.82) is 0 Å². The molecule has 0 fully saturated rings. The normalized spacial score (nSPS) is 11.5. The van der Waals surface area contributed by atoms with Crippen LogP contribution in [0.1, 0.15) is 5.56 Å². The Bertz CT molecular complexity index is 577. The molecular weight excluding hydrogens is 241 g/mol. The van der Waals surface area contributed by atoms with Crippen molar-refractivity contribution in [2.45, 2.75) is 6.18 Å². The third-order valence-electron chi connectivity index (χ3n) is 2.60. The van der Waals surface area contributed by atoms with E-state index in [1.165, 1.54) is 12.1 Å². The third-order valence-corrected chi connectivity index (χ3v) is 2.60. The second kappa shape index (κ2) is 4.25. The monoisotopic (exact) mass is 252 g/mol. The Labute approximate surface area is 102 Å². The zero-order chi connectivity index (χ0) is 13.3. The van der Waals surface area contributed by atoms with E-state index in [0.717, 1.165) is 6.07 Å². The van der Waals surface area contributed by atoms with Gasteiger partial charge >= 0.3 is 6.18 Å². The first-order valence-corrected chi connectivity index (χ1v) is 5.21. The maximum atomic E-state index is 12.9. The Balaban J connectivity index is 2.69. The van der Waals surface area contributed by atoms with Gasteiger partial charge in [-0.05, 0) is 23.8 Å². The van der Waals surface area contributed by atoms with Crippen LogP contribution in [-0.2, 0) is 6.18 Å². The molecule has 0 bridgehead atoms. The first-order chi connectivity index (χ1) is 8.39. The highest BCUT2D eigenvalue weighted by Gasteiger charge is 2.34. The van der Waals surface area contributed by atoms with Crippen LogP contribution >= 0.6 is 0 Å². The lowest BCUT2D eigenvalue weighted by molar-refractivity contribution is -0.137. The Hall–Kier alpha value is -2.17. The second-order valence-electron chi connectivity index (χ2n) is 3.89. The van der Waals surface area contributed by atoms with E-state index >= 15 is 0 Å². The summed E-state index contributed by atoms with van der Waals surface area (Å²) in [5.41, 5.74) is 11.1. The third kappa shape index (κ3) is 2.25. The van der Waals surface area contributed by atoms with Crippen LogP contribution in [0.3, 0.4) is 0 Å². The first-order valence-electron chi connectivity index (χ1n) is 5.21. The van der Waals surface area contributed by atoms with Crippen molar-refractivity contribution in [1.82, 2.24) is 0 Å². The van der Waals surface area contributed by atoms with Crippen LogP contribution in [0.5, 0.6) is 0 Å². The lowest BCUT2D eigenvalue weighted by atomic mass is 9.97. The van der Waals surface area contributed by atoms with E-state index in [1.54, 1.807) is 24.3 Å². The molecule has 2 aromatic carbocycles. The summed E-state index contributed by atoms with van der Waals surface area (Å²) < 4.78 is 38.8. The largest absolute Gasteiger partial charge is 0.417 e. The lowest BCUT2D eigenvalue weighted by Crippen LogP contribution is -2.08. The van der Waals surface area contributed by atoms with Crippen molar-refractivity contribution >= 4 is 11.4 Å². The molecule has 0 unspecified atom stereocenters. The van der Waals surface area contributed by atoms with E-state index in [1.807, 2.05) is 0 Å². The van der Waals surface area contributed by atoms with Crippen LogP contribution in [0, 0.1) is 0 Å². The summed E-state index contributed by atoms with van der Waals surface area (Å²) in [6, 6.07) is 10.1. The summed E-state index contributed by atoms with van der Waals surface area (Å²) in [4.78, 5) is 0. The molecule has 94 valence electrons. The van der Waals surface area contributed by atoms with Crippen molar-refractivity contribution in [3.05, 3.63) is 48.0 Å². The Morgan fingerprint density at radius 3 is 2.11 bits per heavy atom. The van der Waals surface area contributed by atoms with E-state index in [9.17, 15) is 13.2 Å². The van der Waals surface area contributed by atoms with Crippen LogP contribution in [0.4, 0.5) is 24.5 Å². The summed E-state index contributed by atoms with van der Waals surface area (Å²) in [7, 11) is 0. The zero-order valence-corrected chi connectivity index (χ0v) is 9.33. The standard InChI is InChI=1S/C13H11F3N2/c14-13(15,16)11-7-8(17)5-6-9(11)10-3-1-2-4-12(10)18/h1-7H,17-18H2. The fraction of sp³-hybridized carbons (Fsp3) is 0.0769. The summed E-state index contributed by atoms with van der Waals surface area (Å²) >= 11 is 0. The summed E-state index contributed by atoms with van der Waals surface area (Å²) in [5.74, 6) is 0. The van der Waals surface area contributed by atoms with E-state index in [2.05, 4.69) is 0 Å². The number of hydrogen-bond acceptors (Lipinski definition) is 2. The van der Waals surface area contributed by atoms with Gasteiger partial charge in [-0.2, -0.15) is 13.2 Å². The molecule has 0 aliphatic carbocycles. The van der Waals surface area contributed by atoms with Crippen LogP contribution in [0.2, 0.25) is 0 Å². The van der Waals surface area contributed by atoms with E-state index in [0.29, 0.717) is 11.3 Å². The predicted molar refractivity (Wildman–Crippen MR) is 65.7 cm³/mol. The van der Waals surface area contributed by atoms with Crippen molar-refractivity contribution < 1.29 is 13.2 Å². The fourth-order valence-corrected chi connectivity index (χ4v) is 1.77. The van der Waals surface area contributed by atoms with Gasteiger partial charge in [0.05, 0.1) is 5.56 Å². The SMILES string of the molecule is Nc1ccc(-c2ccccc2N)c(C(F)(F)F)c1. The number of benzene rings is 2. The molecular formula is C13H11F3N2. The summed E-state index contributed by atoms with van der Waals surface area (Å²) in [5, 5.41) is 0. The molecule has 0 radical (unpaired) electrons. The molecule has 2 rings (SSSR count). The van der Waals surface area contributed by atoms with Crippen LogP contribution < -0.4 is 11.5 Å². The lowest BCUT2D eigenvalue weighted by Gasteiger charge is -2.15. The molecule has 2 aromatic rings. The van der Waals surface area contributed by atoms with Gasteiger partial charge in [0.25, 0.3) is 0 Å². The van der Waals surface area contributed by atoms with Crippen LogP contribution in [-0.4, -0.2) is 0 Å². The number of anilines is 2. The molecule has 4 N–H and O–H groups in total. The minimum Gasteiger partial charge on any atom is -0.399 e. The number of halogens is 3. The average molecular weight is 252 g/mol. The van der Waals surface area contributed by atoms with Crippen LogP contribution in [0.15, 0.2) is 42.5 Å². The topological polar surface area (TPSA) is 52.0 Å². The van der Waals surface area contributed by atoms with Gasteiger partial charge in [-0.15, -0.1) is 0 Å². The zero-order valence-electron chi connectivity index (χ0n) is 9.33. The Kier molecular flexibility index (Phi) is 2.90. The number of alkyl halides is 3. The Morgan fingerprint density at radius 1 is 0.833 bits per heavy atom. The smallest absolute Gasteiger partial charge is 0.399 e. The van der Waals surface area contributed by atoms with E-state index in [-0.39, 0.29) is 11.3 Å². The van der Waals surface area contributed by atoms with Crippen molar-refractivity contribution in [3.63, 3.8) is 0 Å². The van der Waals surface area contributed by atoms with Crippen LogP contribution in [0.25, 0.3) is 11.1 Å². The number of para-hydroxylation sites is 1. The van der Waals surface area contributed by atoms with Gasteiger partial charge < -0.3 is 11.5 Å². The highest BCUT2D eigenvalue weighted by molar-refractivity contribution is 5.79. The molecule has 0 atom stereocenters. The number of rotatable bonds is 1. The van der Waals surface area contributed by atoms with Gasteiger partial charge in [0.1, 0.15) is 0 Å². The number of nitrogens with two attached hydrogens (primary N) is 2. The molecule has 0 aliphatic heterocycles. The maximum Gasteiger partial charge on any atom is 0.417 e. The molecule has 0 heterocycles. The van der Waals surface area contributed by atoms with Gasteiger partial charge in [0, 0.05) is 16.9 Å². The number of hydrogen-bond donors (Lipinski definition) is 2. The molecule has 0 spiro atoms. The van der Waals surface area contributed by atoms with Gasteiger partial charge in [-0.3, -0.25) is 0 Å². The Morgan fingerprint density at radius 2 is 1.50 bits per heavy atom. The van der Waals surface area contributed by atoms with E-state index < -0.39 is 11.7 Å². The van der Waals surface area contributed by atoms with Gasteiger partial charge in [0.15, 0.2) is 0 Å². The molecule has 0 aliphatic rings. The predicted octanol–water partition coefficient (Wildman–Crippen LogP) is 3.54. The average Bonchev–Trinajstić information content (AvgIpc) is 2.29.